The standard InChI is InChI=1S/C13H19NO5/c1-2-12-13(14-3-1)19-11-9-17-7-5-15-4-6-16-8-10-18-12/h1-3H,4-11H2. The van der Waals surface area contributed by atoms with Crippen LogP contribution < -0.4 is 9.47 Å². The molecule has 0 saturated heterocycles. The summed E-state index contributed by atoms with van der Waals surface area (Å²) in [5.41, 5.74) is 0. The van der Waals surface area contributed by atoms with Gasteiger partial charge in [0.2, 0.25) is 0 Å². The van der Waals surface area contributed by atoms with Gasteiger partial charge in [0.05, 0.1) is 39.6 Å². The van der Waals surface area contributed by atoms with E-state index in [1.165, 1.54) is 0 Å². The van der Waals surface area contributed by atoms with Crippen LogP contribution in [0.1, 0.15) is 0 Å². The van der Waals surface area contributed by atoms with E-state index in [0.717, 1.165) is 0 Å². The predicted molar refractivity (Wildman–Crippen MR) is 67.7 cm³/mol. The highest BCUT2D eigenvalue weighted by atomic mass is 16.6. The molecule has 0 unspecified atom stereocenters. The molecule has 2 heterocycles. The quantitative estimate of drug-likeness (QED) is 0.697. The molecule has 0 aliphatic carbocycles. The zero-order valence-corrected chi connectivity index (χ0v) is 10.9. The van der Waals surface area contributed by atoms with Gasteiger partial charge in [-0.15, -0.1) is 0 Å². The summed E-state index contributed by atoms with van der Waals surface area (Å²) in [7, 11) is 0. The highest BCUT2D eigenvalue weighted by Crippen LogP contribution is 2.23. The van der Waals surface area contributed by atoms with Crippen molar-refractivity contribution in [2.24, 2.45) is 0 Å². The Bertz CT molecular complexity index is 328. The summed E-state index contributed by atoms with van der Waals surface area (Å²) < 4.78 is 27.2. The first-order valence-electron chi connectivity index (χ1n) is 6.40. The molecule has 1 aromatic heterocycles. The van der Waals surface area contributed by atoms with Crippen molar-refractivity contribution in [3.05, 3.63) is 18.3 Å². The molecule has 1 aromatic rings. The maximum Gasteiger partial charge on any atom is 0.257 e. The molecule has 0 bridgehead atoms. The van der Waals surface area contributed by atoms with E-state index in [-0.39, 0.29) is 0 Å². The van der Waals surface area contributed by atoms with Gasteiger partial charge in [-0.2, -0.15) is 0 Å². The molecule has 6 nitrogen and oxygen atoms in total. The molecular weight excluding hydrogens is 250 g/mol. The summed E-state index contributed by atoms with van der Waals surface area (Å²) in [6.07, 6.45) is 1.67. The van der Waals surface area contributed by atoms with Gasteiger partial charge < -0.3 is 23.7 Å². The lowest BCUT2D eigenvalue weighted by molar-refractivity contribution is 0.00699. The smallest absolute Gasteiger partial charge is 0.257 e. The van der Waals surface area contributed by atoms with Gasteiger partial charge >= 0.3 is 0 Å². The first kappa shape index (κ1) is 14.0. The zero-order chi connectivity index (χ0) is 13.2. The molecule has 6 heteroatoms. The van der Waals surface area contributed by atoms with Crippen LogP contribution in [0.25, 0.3) is 0 Å². The monoisotopic (exact) mass is 269 g/mol. The van der Waals surface area contributed by atoms with E-state index in [4.69, 9.17) is 23.7 Å². The third-order valence-corrected chi connectivity index (χ3v) is 2.43. The fraction of sp³-hybridized carbons (Fsp3) is 0.615. The highest BCUT2D eigenvalue weighted by Gasteiger charge is 2.06. The Kier molecular flexibility index (Phi) is 6.42. The minimum Gasteiger partial charge on any atom is -0.486 e. The molecule has 0 amide bonds. The summed E-state index contributed by atoms with van der Waals surface area (Å²) >= 11 is 0. The molecule has 2 rings (SSSR count). The Morgan fingerprint density at radius 3 is 2.00 bits per heavy atom. The Morgan fingerprint density at radius 1 is 0.737 bits per heavy atom. The van der Waals surface area contributed by atoms with Crippen LogP contribution in [-0.2, 0) is 14.2 Å². The fourth-order valence-electron chi connectivity index (χ4n) is 1.54. The Hall–Kier alpha value is -1.37. The molecular formula is C13H19NO5. The van der Waals surface area contributed by atoms with Gasteiger partial charge in [-0.05, 0) is 12.1 Å². The summed E-state index contributed by atoms with van der Waals surface area (Å²) in [6, 6.07) is 3.63. The third-order valence-electron chi connectivity index (χ3n) is 2.43. The van der Waals surface area contributed by atoms with Gasteiger partial charge in [0.1, 0.15) is 13.2 Å². The predicted octanol–water partition coefficient (Wildman–Crippen LogP) is 0.903. The number of hydrogen-bond acceptors (Lipinski definition) is 6. The van der Waals surface area contributed by atoms with Crippen molar-refractivity contribution in [1.82, 2.24) is 4.98 Å². The minimum absolute atomic E-state index is 0.434. The number of rotatable bonds is 0. The SMILES string of the molecule is c1cnc2c(c1)OCCOCCOCCOCCO2. The van der Waals surface area contributed by atoms with Crippen LogP contribution in [-0.4, -0.2) is 57.8 Å². The fourth-order valence-corrected chi connectivity index (χ4v) is 1.54. The number of hydrogen-bond donors (Lipinski definition) is 0. The van der Waals surface area contributed by atoms with Crippen molar-refractivity contribution in [2.75, 3.05) is 52.9 Å². The summed E-state index contributed by atoms with van der Waals surface area (Å²) in [6.45, 7) is 4.13. The van der Waals surface area contributed by atoms with E-state index < -0.39 is 0 Å². The zero-order valence-electron chi connectivity index (χ0n) is 10.9. The van der Waals surface area contributed by atoms with Gasteiger partial charge in [-0.25, -0.2) is 4.98 Å². The van der Waals surface area contributed by atoms with Crippen molar-refractivity contribution in [2.45, 2.75) is 0 Å². The van der Waals surface area contributed by atoms with E-state index in [1.54, 1.807) is 6.20 Å². The first-order valence-corrected chi connectivity index (χ1v) is 6.40. The summed E-state index contributed by atoms with van der Waals surface area (Å²) in [4.78, 5) is 4.14. The Labute approximate surface area is 112 Å². The number of fused-ring (bicyclic) bond motifs is 1. The van der Waals surface area contributed by atoms with Gasteiger partial charge in [0.15, 0.2) is 5.75 Å². The highest BCUT2D eigenvalue weighted by molar-refractivity contribution is 5.32. The normalized spacial score (nSPS) is 19.2. The lowest BCUT2D eigenvalue weighted by Gasteiger charge is -2.11. The number of ether oxygens (including phenoxy) is 5. The molecule has 0 spiro atoms. The average Bonchev–Trinajstić information content (AvgIpc) is 2.45. The second-order valence-electron chi connectivity index (χ2n) is 3.84. The first-order chi connectivity index (χ1) is 9.47. The molecule has 0 fully saturated rings. The van der Waals surface area contributed by atoms with E-state index in [2.05, 4.69) is 4.98 Å². The third kappa shape index (κ3) is 5.42. The van der Waals surface area contributed by atoms with E-state index in [9.17, 15) is 0 Å². The molecule has 0 atom stereocenters. The second-order valence-corrected chi connectivity index (χ2v) is 3.84. The van der Waals surface area contributed by atoms with Crippen molar-refractivity contribution in [1.29, 1.82) is 0 Å². The van der Waals surface area contributed by atoms with Gasteiger partial charge in [-0.3, -0.25) is 0 Å². The van der Waals surface area contributed by atoms with E-state index >= 15 is 0 Å². The number of aromatic nitrogens is 1. The van der Waals surface area contributed by atoms with Gasteiger partial charge in [0, 0.05) is 6.20 Å². The van der Waals surface area contributed by atoms with Gasteiger partial charge in [-0.1, -0.05) is 0 Å². The summed E-state index contributed by atoms with van der Waals surface area (Å²) in [5, 5.41) is 0. The van der Waals surface area contributed by atoms with Crippen LogP contribution in [0.3, 0.4) is 0 Å². The topological polar surface area (TPSA) is 59.0 Å². The maximum atomic E-state index is 5.57. The number of pyridine rings is 1. The van der Waals surface area contributed by atoms with Crippen molar-refractivity contribution in [3.8, 4) is 11.6 Å². The van der Waals surface area contributed by atoms with Crippen LogP contribution in [0.4, 0.5) is 0 Å². The lowest BCUT2D eigenvalue weighted by Crippen LogP contribution is -2.13. The largest absolute Gasteiger partial charge is 0.486 e. The van der Waals surface area contributed by atoms with E-state index in [0.29, 0.717) is 64.5 Å². The molecule has 19 heavy (non-hydrogen) atoms. The van der Waals surface area contributed by atoms with Crippen LogP contribution >= 0.6 is 0 Å². The molecule has 0 radical (unpaired) electrons. The minimum atomic E-state index is 0.434. The summed E-state index contributed by atoms with van der Waals surface area (Å²) in [5.74, 6) is 1.11. The number of nitrogens with zero attached hydrogens (tertiary/aromatic N) is 1. The molecule has 0 aromatic carbocycles. The molecule has 0 N–H and O–H groups in total. The van der Waals surface area contributed by atoms with Crippen LogP contribution in [0.2, 0.25) is 0 Å². The van der Waals surface area contributed by atoms with E-state index in [1.807, 2.05) is 12.1 Å². The van der Waals surface area contributed by atoms with Gasteiger partial charge in [0.25, 0.3) is 5.88 Å². The maximum absolute atomic E-state index is 5.57. The molecule has 1 aliphatic heterocycles. The molecule has 0 saturated carbocycles. The second kappa shape index (κ2) is 8.68. The lowest BCUT2D eigenvalue weighted by atomic mass is 10.4. The van der Waals surface area contributed by atoms with Crippen LogP contribution in [0.5, 0.6) is 11.6 Å². The average molecular weight is 269 g/mol. The van der Waals surface area contributed by atoms with Crippen LogP contribution in [0.15, 0.2) is 18.3 Å². The molecule has 106 valence electrons. The Morgan fingerprint density at radius 2 is 1.32 bits per heavy atom. The Balaban J connectivity index is 1.87. The van der Waals surface area contributed by atoms with Crippen molar-refractivity contribution in [3.63, 3.8) is 0 Å². The van der Waals surface area contributed by atoms with Crippen LogP contribution in [0, 0.1) is 0 Å². The van der Waals surface area contributed by atoms with Crippen molar-refractivity contribution < 1.29 is 23.7 Å². The molecule has 1 aliphatic rings. The van der Waals surface area contributed by atoms with Crippen molar-refractivity contribution >= 4 is 0 Å².